The number of aryl methyl sites for hydroxylation is 1. The maximum Gasteiger partial charge on any atom is 0.416 e. The van der Waals surface area contributed by atoms with Crippen LogP contribution in [0.3, 0.4) is 0 Å². The molecule has 0 radical (unpaired) electrons. The highest BCUT2D eigenvalue weighted by Gasteiger charge is 2.43. The second kappa shape index (κ2) is 9.76. The van der Waals surface area contributed by atoms with Gasteiger partial charge >= 0.3 is 6.18 Å². The molecular weight excluding hydrogens is 504 g/mol. The zero-order chi connectivity index (χ0) is 26.2. The van der Waals surface area contributed by atoms with Crippen molar-refractivity contribution in [2.75, 3.05) is 28.7 Å². The Bertz CT molecular complexity index is 1280. The Morgan fingerprint density at radius 3 is 2.61 bits per heavy atom. The molecule has 0 bridgehead atoms. The molecule has 4 rings (SSSR count). The molecule has 190 valence electrons. The average Bonchev–Trinajstić information content (AvgIpc) is 3.49. The quantitative estimate of drug-likeness (QED) is 0.482. The average molecular weight is 525 g/mol. The maximum atomic E-state index is 13.6. The molecule has 3 heterocycles. The van der Waals surface area contributed by atoms with Crippen molar-refractivity contribution in [1.29, 1.82) is 0 Å². The zero-order valence-corrected chi connectivity index (χ0v) is 19.9. The van der Waals surface area contributed by atoms with Crippen molar-refractivity contribution in [1.82, 2.24) is 15.2 Å². The van der Waals surface area contributed by atoms with Crippen molar-refractivity contribution in [3.05, 3.63) is 64.7 Å². The van der Waals surface area contributed by atoms with Gasteiger partial charge in [-0.3, -0.25) is 14.7 Å². The summed E-state index contributed by atoms with van der Waals surface area (Å²) in [5.74, 6) is -2.11. The number of nitrogens with one attached hydrogen (secondary N) is 2. The molecule has 0 saturated carbocycles. The number of hydrogen-bond donors (Lipinski definition) is 2. The van der Waals surface area contributed by atoms with E-state index in [9.17, 15) is 27.2 Å². The Hall–Kier alpha value is -3.67. The number of alkyl halides is 3. The topological polar surface area (TPSA) is 94.2 Å². The monoisotopic (exact) mass is 524 g/mol. The molecule has 3 aromatic rings. The highest BCUT2D eigenvalue weighted by atomic mass is 35.5. The zero-order valence-electron chi connectivity index (χ0n) is 19.1. The summed E-state index contributed by atoms with van der Waals surface area (Å²) in [6, 6.07) is 6.01. The lowest BCUT2D eigenvalue weighted by molar-refractivity contribution is -0.137. The summed E-state index contributed by atoms with van der Waals surface area (Å²) >= 11 is 5.86. The summed E-state index contributed by atoms with van der Waals surface area (Å²) in [4.78, 5) is 33.3. The minimum Gasteiger partial charge on any atom is -0.344 e. The SMILES string of the molecule is Cc1cc(C(F)(F)F)cc(N2C[C@@H](C(=O)Nc3ccn[nH]3)C[C@H]2C(=O)N(C)c2ccc(F)c(Cl)c2)n1. The molecule has 2 amide bonds. The molecule has 1 fully saturated rings. The van der Waals surface area contributed by atoms with Gasteiger partial charge in [0.25, 0.3) is 0 Å². The molecule has 0 spiro atoms. The number of carbonyl (C=O) groups is 2. The van der Waals surface area contributed by atoms with Gasteiger partial charge in [0, 0.05) is 31.0 Å². The van der Waals surface area contributed by atoms with Gasteiger partial charge in [0.1, 0.15) is 23.5 Å². The first-order chi connectivity index (χ1) is 16.9. The first-order valence-electron chi connectivity index (χ1n) is 10.8. The van der Waals surface area contributed by atoms with Crippen LogP contribution in [0.4, 0.5) is 34.9 Å². The van der Waals surface area contributed by atoms with E-state index in [4.69, 9.17) is 11.6 Å². The van der Waals surface area contributed by atoms with Gasteiger partial charge in [0.15, 0.2) is 0 Å². The van der Waals surface area contributed by atoms with Crippen molar-refractivity contribution >= 4 is 40.7 Å². The van der Waals surface area contributed by atoms with Gasteiger partial charge in [-0.25, -0.2) is 9.37 Å². The lowest BCUT2D eigenvalue weighted by atomic mass is 10.0. The van der Waals surface area contributed by atoms with E-state index >= 15 is 0 Å². The number of amides is 2. The van der Waals surface area contributed by atoms with Crippen LogP contribution in [0.2, 0.25) is 5.02 Å². The molecule has 1 aliphatic rings. The highest BCUT2D eigenvalue weighted by Crippen LogP contribution is 2.36. The lowest BCUT2D eigenvalue weighted by Crippen LogP contribution is -2.44. The second-order valence-electron chi connectivity index (χ2n) is 8.41. The lowest BCUT2D eigenvalue weighted by Gasteiger charge is -2.29. The van der Waals surface area contributed by atoms with Crippen LogP contribution < -0.4 is 15.1 Å². The summed E-state index contributed by atoms with van der Waals surface area (Å²) in [7, 11) is 1.44. The molecule has 1 saturated heterocycles. The molecule has 13 heteroatoms. The Labute approximate surface area is 208 Å². The van der Waals surface area contributed by atoms with Gasteiger partial charge in [-0.15, -0.1) is 0 Å². The Balaban J connectivity index is 1.68. The van der Waals surface area contributed by atoms with Gasteiger partial charge < -0.3 is 15.1 Å². The number of carbonyl (C=O) groups excluding carboxylic acids is 2. The van der Waals surface area contributed by atoms with Crippen LogP contribution in [0.25, 0.3) is 0 Å². The van der Waals surface area contributed by atoms with Crippen LogP contribution in [-0.2, 0) is 15.8 Å². The van der Waals surface area contributed by atoms with Crippen LogP contribution in [0.1, 0.15) is 17.7 Å². The van der Waals surface area contributed by atoms with Crippen LogP contribution in [-0.4, -0.2) is 46.6 Å². The summed E-state index contributed by atoms with van der Waals surface area (Å²) in [6.07, 6.45) is -3.17. The van der Waals surface area contributed by atoms with Crippen molar-refractivity contribution in [3.8, 4) is 0 Å². The summed E-state index contributed by atoms with van der Waals surface area (Å²) < 4.78 is 54.1. The molecule has 0 unspecified atom stereocenters. The number of benzene rings is 1. The van der Waals surface area contributed by atoms with E-state index in [1.54, 1.807) is 0 Å². The Morgan fingerprint density at radius 1 is 1.22 bits per heavy atom. The third-order valence-electron chi connectivity index (χ3n) is 5.90. The summed E-state index contributed by atoms with van der Waals surface area (Å²) in [5.41, 5.74) is -0.528. The predicted molar refractivity (Wildman–Crippen MR) is 125 cm³/mol. The van der Waals surface area contributed by atoms with Crippen LogP contribution >= 0.6 is 11.6 Å². The Kier molecular flexibility index (Phi) is 6.90. The fraction of sp³-hybridized carbons (Fsp3) is 0.304. The number of aromatic nitrogens is 3. The number of rotatable bonds is 5. The summed E-state index contributed by atoms with van der Waals surface area (Å²) in [6.45, 7) is 1.36. The molecule has 1 aromatic carbocycles. The van der Waals surface area contributed by atoms with E-state index < -0.39 is 41.3 Å². The van der Waals surface area contributed by atoms with E-state index in [-0.39, 0.29) is 35.2 Å². The number of aromatic amines is 1. The van der Waals surface area contributed by atoms with E-state index in [1.807, 2.05) is 0 Å². The highest BCUT2D eigenvalue weighted by molar-refractivity contribution is 6.31. The van der Waals surface area contributed by atoms with Crippen molar-refractivity contribution in [2.45, 2.75) is 25.6 Å². The third kappa shape index (κ3) is 5.27. The second-order valence-corrected chi connectivity index (χ2v) is 8.82. The molecule has 2 atom stereocenters. The van der Waals surface area contributed by atoms with Gasteiger partial charge in [-0.2, -0.15) is 18.3 Å². The number of H-pyrrole nitrogens is 1. The van der Waals surface area contributed by atoms with E-state index in [2.05, 4.69) is 20.5 Å². The molecule has 8 nitrogen and oxygen atoms in total. The molecule has 36 heavy (non-hydrogen) atoms. The minimum absolute atomic E-state index is 0.00897. The van der Waals surface area contributed by atoms with E-state index in [1.165, 1.54) is 48.2 Å². The predicted octanol–water partition coefficient (Wildman–Crippen LogP) is 4.42. The number of halogens is 5. The van der Waals surface area contributed by atoms with Crippen LogP contribution in [0.15, 0.2) is 42.6 Å². The van der Waals surface area contributed by atoms with Gasteiger partial charge in [0.2, 0.25) is 11.8 Å². The number of pyridine rings is 1. The number of likely N-dealkylation sites (N-methyl/N-ethyl adjacent to an activating group) is 1. The van der Waals surface area contributed by atoms with Crippen molar-refractivity contribution in [2.24, 2.45) is 5.92 Å². The summed E-state index contributed by atoms with van der Waals surface area (Å²) in [5, 5.41) is 8.81. The third-order valence-corrected chi connectivity index (χ3v) is 6.19. The van der Waals surface area contributed by atoms with Gasteiger partial charge in [-0.05, 0) is 43.7 Å². The van der Waals surface area contributed by atoms with Gasteiger partial charge in [0.05, 0.1) is 22.7 Å². The number of hydrogen-bond acceptors (Lipinski definition) is 5. The van der Waals surface area contributed by atoms with Crippen LogP contribution in [0.5, 0.6) is 0 Å². The van der Waals surface area contributed by atoms with Crippen molar-refractivity contribution in [3.63, 3.8) is 0 Å². The smallest absolute Gasteiger partial charge is 0.344 e. The largest absolute Gasteiger partial charge is 0.416 e. The molecule has 1 aliphatic heterocycles. The van der Waals surface area contributed by atoms with E-state index in [0.29, 0.717) is 5.82 Å². The number of nitrogens with zero attached hydrogens (tertiary/aromatic N) is 4. The normalized spacial score (nSPS) is 17.8. The van der Waals surface area contributed by atoms with E-state index in [0.717, 1.165) is 18.2 Å². The van der Waals surface area contributed by atoms with Gasteiger partial charge in [-0.1, -0.05) is 11.6 Å². The maximum absolute atomic E-state index is 13.6. The fourth-order valence-electron chi connectivity index (χ4n) is 4.08. The Morgan fingerprint density at radius 2 is 1.97 bits per heavy atom. The van der Waals surface area contributed by atoms with Crippen LogP contribution in [0, 0.1) is 18.7 Å². The fourth-order valence-corrected chi connectivity index (χ4v) is 4.25. The standard InChI is InChI=1S/C23H21ClF4N6O2/c1-12-7-14(23(26,27)28)9-20(30-12)34-11-13(21(35)31-19-5-6-29-32-19)8-18(34)22(36)33(2)15-3-4-17(25)16(24)10-15/h3-7,9-10,13,18H,8,11H2,1-2H3,(H2,29,31,32,35)/t13-,18-/m0/s1. The van der Waals surface area contributed by atoms with Crippen molar-refractivity contribution < 1.29 is 27.2 Å². The molecule has 2 aromatic heterocycles. The molecule has 2 N–H and O–H groups in total. The minimum atomic E-state index is -4.62. The first kappa shape index (κ1) is 25.4. The molecule has 0 aliphatic carbocycles. The first-order valence-corrected chi connectivity index (χ1v) is 11.2. The number of anilines is 3. The molecular formula is C23H21ClF4N6O2.